The van der Waals surface area contributed by atoms with Crippen molar-refractivity contribution in [2.75, 3.05) is 19.0 Å². The van der Waals surface area contributed by atoms with Gasteiger partial charge in [0, 0.05) is 25.0 Å². The molecule has 0 saturated carbocycles. The highest BCUT2D eigenvalue weighted by Gasteiger charge is 2.21. The molecule has 0 atom stereocenters. The molecule has 1 aromatic heterocycles. The number of nitrogens with one attached hydrogen (secondary N) is 1. The quantitative estimate of drug-likeness (QED) is 0.615. The van der Waals surface area contributed by atoms with Crippen molar-refractivity contribution in [2.24, 2.45) is 0 Å². The molecule has 0 aliphatic rings. The third-order valence-corrected chi connectivity index (χ3v) is 5.23. The van der Waals surface area contributed by atoms with Crippen LogP contribution in [0.2, 0.25) is 0 Å². The molecule has 3 aromatic rings. The van der Waals surface area contributed by atoms with Crippen LogP contribution in [0.3, 0.4) is 0 Å². The number of aryl methyl sites for hydroxylation is 1. The number of benzene rings is 2. The summed E-state index contributed by atoms with van der Waals surface area (Å²) >= 11 is 6.84. The second-order valence-corrected chi connectivity index (χ2v) is 7.30. The summed E-state index contributed by atoms with van der Waals surface area (Å²) in [5.74, 6) is -0.489. The fourth-order valence-corrected chi connectivity index (χ4v) is 3.63. The lowest BCUT2D eigenvalue weighted by molar-refractivity contribution is -0.118. The first-order valence-corrected chi connectivity index (χ1v) is 9.91. The summed E-state index contributed by atoms with van der Waals surface area (Å²) in [6.07, 6.45) is 0. The molecule has 0 saturated heterocycles. The van der Waals surface area contributed by atoms with Crippen LogP contribution >= 0.6 is 23.1 Å². The van der Waals surface area contributed by atoms with E-state index in [9.17, 15) is 9.59 Å². The average molecular weight is 402 g/mol. The first kappa shape index (κ1) is 19.3. The predicted octanol–water partition coefficient (Wildman–Crippen LogP) is 3.60. The highest BCUT2D eigenvalue weighted by atomic mass is 35.5. The van der Waals surface area contributed by atoms with Gasteiger partial charge in [0.25, 0.3) is 5.91 Å². The molecular formula is C20H20ClN3O2S. The molecule has 0 unspecified atom stereocenters. The first-order chi connectivity index (χ1) is 13.1. The van der Waals surface area contributed by atoms with E-state index in [2.05, 4.69) is 9.69 Å². The van der Waals surface area contributed by atoms with E-state index in [1.54, 1.807) is 4.90 Å². The normalized spacial score (nSPS) is 10.7. The van der Waals surface area contributed by atoms with Crippen molar-refractivity contribution in [1.82, 2.24) is 14.6 Å². The second-order valence-electron chi connectivity index (χ2n) is 6.23. The predicted molar refractivity (Wildman–Crippen MR) is 109 cm³/mol. The van der Waals surface area contributed by atoms with Crippen LogP contribution in [0.15, 0.2) is 48.5 Å². The summed E-state index contributed by atoms with van der Waals surface area (Å²) < 4.78 is 5.39. The molecule has 2 amide bonds. The molecule has 0 radical (unpaired) electrons. The van der Waals surface area contributed by atoms with Gasteiger partial charge in [0.05, 0.1) is 4.70 Å². The second kappa shape index (κ2) is 8.97. The van der Waals surface area contributed by atoms with Gasteiger partial charge in [-0.15, -0.1) is 11.6 Å². The number of alkyl halides is 1. The minimum absolute atomic E-state index is 0.0946. The highest BCUT2D eigenvalue weighted by molar-refractivity contribution is 7.13. The summed E-state index contributed by atoms with van der Waals surface area (Å²) in [6, 6.07) is 15.8. The van der Waals surface area contributed by atoms with Crippen LogP contribution in [-0.2, 0) is 11.3 Å². The van der Waals surface area contributed by atoms with E-state index in [1.165, 1.54) is 11.5 Å². The van der Waals surface area contributed by atoms with Crippen molar-refractivity contribution in [3.63, 3.8) is 0 Å². The summed E-state index contributed by atoms with van der Waals surface area (Å²) in [7, 11) is 0. The van der Waals surface area contributed by atoms with Crippen LogP contribution in [-0.4, -0.2) is 40.1 Å². The molecule has 0 aliphatic heterocycles. The van der Waals surface area contributed by atoms with Gasteiger partial charge in [-0.1, -0.05) is 42.0 Å². The van der Waals surface area contributed by atoms with Crippen LogP contribution in [0, 0.1) is 6.92 Å². The Kier molecular flexibility index (Phi) is 6.42. The van der Waals surface area contributed by atoms with E-state index in [0.717, 1.165) is 21.2 Å². The van der Waals surface area contributed by atoms with Gasteiger partial charge in [-0.25, -0.2) is 0 Å². The van der Waals surface area contributed by atoms with Crippen LogP contribution in [0.4, 0.5) is 0 Å². The number of hydrogen-bond acceptors (Lipinski definition) is 4. The number of nitrogens with zero attached hydrogens (tertiary/aromatic N) is 2. The lowest BCUT2D eigenvalue weighted by Crippen LogP contribution is -2.38. The minimum Gasteiger partial charge on any atom is -0.353 e. The summed E-state index contributed by atoms with van der Waals surface area (Å²) in [5, 5.41) is 3.58. The maximum absolute atomic E-state index is 13.2. The van der Waals surface area contributed by atoms with Crippen molar-refractivity contribution >= 4 is 45.0 Å². The third kappa shape index (κ3) is 4.84. The van der Waals surface area contributed by atoms with Crippen molar-refractivity contribution in [3.8, 4) is 0 Å². The van der Waals surface area contributed by atoms with Crippen LogP contribution < -0.4 is 5.32 Å². The lowest BCUT2D eigenvalue weighted by atomic mass is 10.1. The van der Waals surface area contributed by atoms with Crippen molar-refractivity contribution < 1.29 is 9.59 Å². The highest BCUT2D eigenvalue weighted by Crippen LogP contribution is 2.25. The number of carbonyl (C=O) groups excluding carboxylic acids is 2. The molecule has 0 spiro atoms. The van der Waals surface area contributed by atoms with Gasteiger partial charge in [0.2, 0.25) is 5.91 Å². The van der Waals surface area contributed by atoms with E-state index in [1.807, 2.05) is 55.5 Å². The fourth-order valence-electron chi connectivity index (χ4n) is 2.79. The standard InChI is InChI=1S/C20H20ClN3O2S/c1-14-7-8-17-16(11-14)19(23-27-17)20(26)24(10-9-22-18(25)12-21)13-15-5-3-2-4-6-15/h2-8,11H,9-10,12-13H2,1H3,(H,22,25). The van der Waals surface area contributed by atoms with Gasteiger partial charge < -0.3 is 10.2 Å². The number of fused-ring (bicyclic) bond motifs is 1. The Labute approximate surface area is 167 Å². The first-order valence-electron chi connectivity index (χ1n) is 8.60. The van der Waals surface area contributed by atoms with E-state index in [4.69, 9.17) is 11.6 Å². The summed E-state index contributed by atoms with van der Waals surface area (Å²) in [5.41, 5.74) is 2.56. The average Bonchev–Trinajstić information content (AvgIpc) is 3.10. The minimum atomic E-state index is -0.251. The SMILES string of the molecule is Cc1ccc2snc(C(=O)N(CCNC(=O)CCl)Cc3ccccc3)c2c1. The Bertz CT molecular complexity index is 943. The molecule has 1 heterocycles. The van der Waals surface area contributed by atoms with Crippen molar-refractivity contribution in [1.29, 1.82) is 0 Å². The van der Waals surface area contributed by atoms with E-state index >= 15 is 0 Å². The van der Waals surface area contributed by atoms with Crippen LogP contribution in [0.1, 0.15) is 21.6 Å². The Morgan fingerprint density at radius 1 is 1.19 bits per heavy atom. The van der Waals surface area contributed by atoms with Crippen LogP contribution in [0.5, 0.6) is 0 Å². The summed E-state index contributed by atoms with van der Waals surface area (Å²) in [6.45, 7) is 3.16. The van der Waals surface area contributed by atoms with E-state index < -0.39 is 0 Å². The van der Waals surface area contributed by atoms with Crippen molar-refractivity contribution in [2.45, 2.75) is 13.5 Å². The topological polar surface area (TPSA) is 62.3 Å². The molecule has 2 aromatic carbocycles. The number of hydrogen-bond donors (Lipinski definition) is 1. The molecule has 0 bridgehead atoms. The third-order valence-electron chi connectivity index (χ3n) is 4.16. The Balaban J connectivity index is 1.84. The van der Waals surface area contributed by atoms with E-state index in [0.29, 0.717) is 25.3 Å². The Morgan fingerprint density at radius 3 is 2.70 bits per heavy atom. The van der Waals surface area contributed by atoms with Gasteiger partial charge in [0.1, 0.15) is 11.6 Å². The lowest BCUT2D eigenvalue weighted by Gasteiger charge is -2.22. The zero-order valence-corrected chi connectivity index (χ0v) is 16.5. The monoisotopic (exact) mass is 401 g/mol. The smallest absolute Gasteiger partial charge is 0.274 e. The maximum atomic E-state index is 13.2. The number of aromatic nitrogens is 1. The van der Waals surface area contributed by atoms with Gasteiger partial charge in [-0.05, 0) is 36.2 Å². The molecule has 27 heavy (non-hydrogen) atoms. The van der Waals surface area contributed by atoms with Crippen molar-refractivity contribution in [3.05, 3.63) is 65.4 Å². The number of amides is 2. The number of carbonyl (C=O) groups is 2. The largest absolute Gasteiger partial charge is 0.353 e. The molecule has 0 fully saturated rings. The zero-order chi connectivity index (χ0) is 19.2. The maximum Gasteiger partial charge on any atom is 0.274 e. The molecule has 140 valence electrons. The molecule has 3 rings (SSSR count). The van der Waals surface area contributed by atoms with E-state index in [-0.39, 0.29) is 17.7 Å². The molecule has 1 N–H and O–H groups in total. The Hall–Kier alpha value is -2.44. The van der Waals surface area contributed by atoms with Gasteiger partial charge in [0.15, 0.2) is 0 Å². The number of rotatable bonds is 7. The molecule has 5 nitrogen and oxygen atoms in total. The van der Waals surface area contributed by atoms with Gasteiger partial charge in [-0.2, -0.15) is 4.37 Å². The fraction of sp³-hybridized carbons (Fsp3) is 0.250. The Morgan fingerprint density at radius 2 is 1.96 bits per heavy atom. The molecule has 0 aliphatic carbocycles. The van der Waals surface area contributed by atoms with Crippen LogP contribution in [0.25, 0.3) is 10.1 Å². The number of halogens is 1. The zero-order valence-electron chi connectivity index (χ0n) is 14.9. The molecular weight excluding hydrogens is 382 g/mol. The summed E-state index contributed by atoms with van der Waals surface area (Å²) in [4.78, 5) is 26.3. The molecule has 7 heteroatoms. The van der Waals surface area contributed by atoms with Gasteiger partial charge >= 0.3 is 0 Å². The van der Waals surface area contributed by atoms with Gasteiger partial charge in [-0.3, -0.25) is 9.59 Å².